The second kappa shape index (κ2) is 5.90. The molecule has 0 atom stereocenters. The molecule has 2 fully saturated rings. The molecule has 1 saturated carbocycles. The number of ether oxygens (including phenoxy) is 1. The van der Waals surface area contributed by atoms with Crippen molar-refractivity contribution >= 4 is 0 Å². The molecule has 0 aromatic rings. The Morgan fingerprint density at radius 3 is 2.30 bits per heavy atom. The summed E-state index contributed by atoms with van der Waals surface area (Å²) >= 11 is 0. The summed E-state index contributed by atoms with van der Waals surface area (Å²) in [4.78, 5) is 1.89. The van der Waals surface area contributed by atoms with Gasteiger partial charge < -0.3 is 4.74 Å². The van der Waals surface area contributed by atoms with Gasteiger partial charge in [0.05, 0.1) is 6.07 Å². The first-order valence-corrected chi connectivity index (χ1v) is 7.23. The van der Waals surface area contributed by atoms with Gasteiger partial charge in [0.25, 0.3) is 0 Å². The number of hydrogen-bond acceptors (Lipinski definition) is 3. The highest BCUT2D eigenvalue weighted by molar-refractivity contribution is 5.05. The molecule has 0 spiro atoms. The molecule has 0 aromatic heterocycles. The van der Waals surface area contributed by atoms with Crippen LogP contribution in [0.5, 0.6) is 0 Å². The monoisotopic (exact) mass is 290 g/mol. The van der Waals surface area contributed by atoms with Crippen molar-refractivity contribution in [3.05, 3.63) is 0 Å². The summed E-state index contributed by atoms with van der Waals surface area (Å²) in [6.07, 6.45) is -0.0424. The SMILES string of the molecule is CCOC1(C(F)(F)F)CN(C2CCC(CC#N)CC2)C1. The maximum Gasteiger partial charge on any atom is 0.419 e. The zero-order chi connectivity index (χ0) is 14.8. The zero-order valence-corrected chi connectivity index (χ0v) is 11.7. The summed E-state index contributed by atoms with van der Waals surface area (Å²) in [7, 11) is 0. The van der Waals surface area contributed by atoms with Crippen molar-refractivity contribution in [2.45, 2.75) is 56.8 Å². The molecule has 0 amide bonds. The summed E-state index contributed by atoms with van der Waals surface area (Å²) in [6, 6.07) is 2.40. The molecular formula is C14H21F3N2O. The molecule has 0 unspecified atom stereocenters. The average molecular weight is 290 g/mol. The fraction of sp³-hybridized carbons (Fsp3) is 0.929. The minimum absolute atomic E-state index is 0.0437. The van der Waals surface area contributed by atoms with E-state index in [4.69, 9.17) is 10.00 Å². The fourth-order valence-electron chi connectivity index (χ4n) is 3.34. The average Bonchev–Trinajstić information content (AvgIpc) is 2.33. The molecule has 0 bridgehead atoms. The quantitative estimate of drug-likeness (QED) is 0.798. The third-order valence-corrected chi connectivity index (χ3v) is 4.57. The second-order valence-electron chi connectivity index (χ2n) is 5.87. The van der Waals surface area contributed by atoms with Gasteiger partial charge in [0.15, 0.2) is 5.60 Å². The van der Waals surface area contributed by atoms with Crippen LogP contribution in [0.2, 0.25) is 0 Å². The van der Waals surface area contributed by atoms with Gasteiger partial charge in [0.1, 0.15) is 0 Å². The van der Waals surface area contributed by atoms with E-state index in [1.54, 1.807) is 6.92 Å². The van der Waals surface area contributed by atoms with Gasteiger partial charge in [0, 0.05) is 32.2 Å². The highest BCUT2D eigenvalue weighted by atomic mass is 19.4. The van der Waals surface area contributed by atoms with Crippen LogP contribution in [0.3, 0.4) is 0 Å². The highest BCUT2D eigenvalue weighted by Gasteiger charge is 2.63. The van der Waals surface area contributed by atoms with Crippen molar-refractivity contribution in [2.24, 2.45) is 5.92 Å². The smallest absolute Gasteiger partial charge is 0.363 e. The Morgan fingerprint density at radius 1 is 1.25 bits per heavy atom. The molecule has 0 radical (unpaired) electrons. The topological polar surface area (TPSA) is 36.3 Å². The van der Waals surface area contributed by atoms with Crippen LogP contribution in [0.15, 0.2) is 0 Å². The second-order valence-corrected chi connectivity index (χ2v) is 5.87. The Labute approximate surface area is 117 Å². The van der Waals surface area contributed by atoms with Crippen LogP contribution >= 0.6 is 0 Å². The number of hydrogen-bond donors (Lipinski definition) is 0. The lowest BCUT2D eigenvalue weighted by atomic mass is 9.81. The Balaban J connectivity index is 1.85. The molecular weight excluding hydrogens is 269 g/mol. The summed E-state index contributed by atoms with van der Waals surface area (Å²) < 4.78 is 44.2. The first-order chi connectivity index (χ1) is 9.42. The van der Waals surface area contributed by atoms with Crippen molar-refractivity contribution in [2.75, 3.05) is 19.7 Å². The van der Waals surface area contributed by atoms with Crippen molar-refractivity contribution in [3.8, 4) is 6.07 Å². The van der Waals surface area contributed by atoms with Gasteiger partial charge in [-0.05, 0) is 38.5 Å². The predicted molar refractivity (Wildman–Crippen MR) is 68.0 cm³/mol. The van der Waals surface area contributed by atoms with Gasteiger partial charge >= 0.3 is 6.18 Å². The third-order valence-electron chi connectivity index (χ3n) is 4.57. The highest BCUT2D eigenvalue weighted by Crippen LogP contribution is 2.43. The molecule has 114 valence electrons. The Hall–Kier alpha value is -0.800. The minimum atomic E-state index is -4.29. The standard InChI is InChI=1S/C14H21F3N2O/c1-2-20-13(14(15,16)17)9-19(10-13)12-5-3-11(4-6-12)7-8-18/h11-12H,2-7,9-10H2,1H3. The maximum atomic E-state index is 13.1. The number of likely N-dealkylation sites (tertiary alicyclic amines) is 1. The van der Waals surface area contributed by atoms with Gasteiger partial charge in [-0.1, -0.05) is 0 Å². The summed E-state index contributed by atoms with van der Waals surface area (Å²) in [5.74, 6) is 0.428. The number of alkyl halides is 3. The molecule has 1 aliphatic heterocycles. The van der Waals surface area contributed by atoms with Gasteiger partial charge in [-0.25, -0.2) is 0 Å². The molecule has 1 saturated heterocycles. The van der Waals surface area contributed by atoms with E-state index < -0.39 is 11.8 Å². The molecule has 20 heavy (non-hydrogen) atoms. The molecule has 1 aliphatic carbocycles. The van der Waals surface area contributed by atoms with E-state index in [-0.39, 0.29) is 25.7 Å². The van der Waals surface area contributed by atoms with Crippen molar-refractivity contribution in [1.82, 2.24) is 4.90 Å². The zero-order valence-electron chi connectivity index (χ0n) is 11.7. The fourth-order valence-corrected chi connectivity index (χ4v) is 3.34. The number of halogens is 3. The number of nitrogens with zero attached hydrogens (tertiary/aromatic N) is 2. The van der Waals surface area contributed by atoms with Crippen molar-refractivity contribution < 1.29 is 17.9 Å². The van der Waals surface area contributed by atoms with Crippen LogP contribution in [-0.4, -0.2) is 42.4 Å². The normalized spacial score (nSPS) is 30.6. The van der Waals surface area contributed by atoms with Crippen molar-refractivity contribution in [3.63, 3.8) is 0 Å². The Kier molecular flexibility index (Phi) is 4.60. The first-order valence-electron chi connectivity index (χ1n) is 7.23. The summed E-state index contributed by atoms with van der Waals surface area (Å²) in [5, 5.41) is 8.67. The molecule has 0 aromatic carbocycles. The largest absolute Gasteiger partial charge is 0.419 e. The molecule has 6 heteroatoms. The van der Waals surface area contributed by atoms with Crippen LogP contribution in [0.1, 0.15) is 39.0 Å². The van der Waals surface area contributed by atoms with Gasteiger partial charge in [-0.3, -0.25) is 4.90 Å². The van der Waals surface area contributed by atoms with Crippen LogP contribution in [0.25, 0.3) is 0 Å². The predicted octanol–water partition coefficient (Wildman–Crippen LogP) is 3.11. The van der Waals surface area contributed by atoms with Crippen LogP contribution in [-0.2, 0) is 4.74 Å². The summed E-state index contributed by atoms with van der Waals surface area (Å²) in [6.45, 7) is 1.60. The van der Waals surface area contributed by atoms with E-state index in [2.05, 4.69) is 6.07 Å². The van der Waals surface area contributed by atoms with E-state index >= 15 is 0 Å². The molecule has 0 N–H and O–H groups in total. The van der Waals surface area contributed by atoms with Crippen molar-refractivity contribution in [1.29, 1.82) is 5.26 Å². The van der Waals surface area contributed by atoms with Gasteiger partial charge in [-0.15, -0.1) is 0 Å². The minimum Gasteiger partial charge on any atom is -0.363 e. The Bertz CT molecular complexity index is 364. The van der Waals surface area contributed by atoms with E-state index in [1.807, 2.05) is 4.90 Å². The van der Waals surface area contributed by atoms with Gasteiger partial charge in [-0.2, -0.15) is 18.4 Å². The molecule has 2 rings (SSSR count). The van der Waals surface area contributed by atoms with E-state index in [0.29, 0.717) is 12.3 Å². The van der Waals surface area contributed by atoms with Crippen LogP contribution in [0, 0.1) is 17.2 Å². The molecule has 2 aliphatic rings. The maximum absolute atomic E-state index is 13.1. The molecule has 1 heterocycles. The molecule has 3 nitrogen and oxygen atoms in total. The number of rotatable bonds is 4. The van der Waals surface area contributed by atoms with Crippen LogP contribution in [0.4, 0.5) is 13.2 Å². The van der Waals surface area contributed by atoms with E-state index in [1.165, 1.54) is 0 Å². The number of nitriles is 1. The third kappa shape index (κ3) is 2.94. The Morgan fingerprint density at radius 2 is 1.85 bits per heavy atom. The van der Waals surface area contributed by atoms with E-state index in [9.17, 15) is 13.2 Å². The lowest BCUT2D eigenvalue weighted by molar-refractivity contribution is -0.322. The van der Waals surface area contributed by atoms with E-state index in [0.717, 1.165) is 25.7 Å². The summed E-state index contributed by atoms with van der Waals surface area (Å²) in [5.41, 5.74) is -1.95. The lowest BCUT2D eigenvalue weighted by Crippen LogP contribution is -2.72. The first kappa shape index (κ1) is 15.6. The van der Waals surface area contributed by atoms with Gasteiger partial charge in [0.2, 0.25) is 0 Å². The van der Waals surface area contributed by atoms with Crippen LogP contribution < -0.4 is 0 Å². The lowest BCUT2D eigenvalue weighted by Gasteiger charge is -2.54.